The Bertz CT molecular complexity index is 942. The fourth-order valence-corrected chi connectivity index (χ4v) is 4.44. The summed E-state index contributed by atoms with van der Waals surface area (Å²) in [6.07, 6.45) is 0. The molecule has 1 aliphatic heterocycles. The van der Waals surface area contributed by atoms with Crippen molar-refractivity contribution in [2.45, 2.75) is 19.5 Å². The van der Waals surface area contributed by atoms with Gasteiger partial charge in [0.1, 0.15) is 5.75 Å². The summed E-state index contributed by atoms with van der Waals surface area (Å²) >= 11 is 7.52. The number of thiophene rings is 1. The van der Waals surface area contributed by atoms with Gasteiger partial charge in [-0.25, -0.2) is 9.59 Å². The molecular formula is C21H24ClN3O4S. The number of rotatable bonds is 8. The lowest BCUT2D eigenvalue weighted by Gasteiger charge is -2.31. The molecule has 7 nitrogen and oxygen atoms in total. The SMILES string of the molecule is CCOC(=O)C1=C(CN(C)Cc2ccc(Cl)s2)NC(=O)NC1c1ccc(OC)cc1. The van der Waals surface area contributed by atoms with Crippen LogP contribution in [0.15, 0.2) is 47.7 Å². The van der Waals surface area contributed by atoms with E-state index in [-0.39, 0.29) is 12.6 Å². The van der Waals surface area contributed by atoms with Crippen molar-refractivity contribution in [3.63, 3.8) is 0 Å². The van der Waals surface area contributed by atoms with Crippen LogP contribution in [0.4, 0.5) is 4.79 Å². The number of urea groups is 1. The summed E-state index contributed by atoms with van der Waals surface area (Å²) in [4.78, 5) is 28.3. The van der Waals surface area contributed by atoms with Gasteiger partial charge in [-0.1, -0.05) is 23.7 Å². The lowest BCUT2D eigenvalue weighted by Crippen LogP contribution is -2.48. The molecule has 9 heteroatoms. The van der Waals surface area contributed by atoms with E-state index in [1.165, 1.54) is 11.3 Å². The quantitative estimate of drug-likeness (QED) is 0.600. The number of ether oxygens (including phenoxy) is 2. The predicted octanol–water partition coefficient (Wildman–Crippen LogP) is 3.71. The fraction of sp³-hybridized carbons (Fsp3) is 0.333. The Morgan fingerprint density at radius 2 is 1.93 bits per heavy atom. The first-order valence-corrected chi connectivity index (χ1v) is 10.6. The average Bonchev–Trinajstić information content (AvgIpc) is 3.12. The Morgan fingerprint density at radius 3 is 2.53 bits per heavy atom. The topological polar surface area (TPSA) is 79.9 Å². The van der Waals surface area contributed by atoms with Crippen LogP contribution in [0.2, 0.25) is 4.34 Å². The summed E-state index contributed by atoms with van der Waals surface area (Å²) < 4.78 is 11.2. The predicted molar refractivity (Wildman–Crippen MR) is 117 cm³/mol. The summed E-state index contributed by atoms with van der Waals surface area (Å²) in [6.45, 7) is 2.99. The van der Waals surface area contributed by atoms with Crippen molar-refractivity contribution in [1.82, 2.24) is 15.5 Å². The molecular weight excluding hydrogens is 426 g/mol. The zero-order valence-corrected chi connectivity index (χ0v) is 18.6. The highest BCUT2D eigenvalue weighted by Gasteiger charge is 2.34. The monoisotopic (exact) mass is 449 g/mol. The minimum absolute atomic E-state index is 0.239. The number of halogens is 1. The first-order valence-electron chi connectivity index (χ1n) is 9.45. The van der Waals surface area contributed by atoms with Crippen LogP contribution in [0.3, 0.4) is 0 Å². The number of hydrogen-bond acceptors (Lipinski definition) is 6. The van der Waals surface area contributed by atoms with Crippen molar-refractivity contribution in [2.24, 2.45) is 0 Å². The molecule has 2 N–H and O–H groups in total. The van der Waals surface area contributed by atoms with Crippen LogP contribution < -0.4 is 15.4 Å². The van der Waals surface area contributed by atoms with Gasteiger partial charge in [-0.2, -0.15) is 0 Å². The molecule has 0 radical (unpaired) electrons. The third-order valence-electron chi connectivity index (χ3n) is 4.58. The van der Waals surface area contributed by atoms with Crippen molar-refractivity contribution in [1.29, 1.82) is 0 Å². The molecule has 1 atom stereocenters. The van der Waals surface area contributed by atoms with Gasteiger partial charge in [-0.15, -0.1) is 11.3 Å². The summed E-state index contributed by atoms with van der Waals surface area (Å²) in [5.74, 6) is 0.226. The third kappa shape index (κ3) is 5.33. The Hall–Kier alpha value is -2.55. The highest BCUT2D eigenvalue weighted by Crippen LogP contribution is 2.30. The van der Waals surface area contributed by atoms with Gasteiger partial charge in [0.25, 0.3) is 0 Å². The maximum absolute atomic E-state index is 12.8. The lowest BCUT2D eigenvalue weighted by atomic mass is 9.95. The van der Waals surface area contributed by atoms with Gasteiger partial charge in [0.05, 0.1) is 29.7 Å². The van der Waals surface area contributed by atoms with Gasteiger partial charge in [0.2, 0.25) is 0 Å². The highest BCUT2D eigenvalue weighted by molar-refractivity contribution is 7.16. The van der Waals surface area contributed by atoms with E-state index in [0.29, 0.717) is 30.1 Å². The summed E-state index contributed by atoms with van der Waals surface area (Å²) in [5, 5.41) is 5.62. The number of nitrogens with one attached hydrogen (secondary N) is 2. The first kappa shape index (κ1) is 22.1. The number of hydrogen-bond donors (Lipinski definition) is 2. The number of nitrogens with zero attached hydrogens (tertiary/aromatic N) is 1. The van der Waals surface area contributed by atoms with Gasteiger partial charge < -0.3 is 20.1 Å². The van der Waals surface area contributed by atoms with Crippen LogP contribution in [0, 0.1) is 0 Å². The number of esters is 1. The molecule has 0 spiro atoms. The second-order valence-electron chi connectivity index (χ2n) is 6.80. The van der Waals surface area contributed by atoms with Gasteiger partial charge in [-0.05, 0) is 43.8 Å². The second-order valence-corrected chi connectivity index (χ2v) is 8.60. The normalized spacial score (nSPS) is 16.3. The number of benzene rings is 1. The summed E-state index contributed by atoms with van der Waals surface area (Å²) in [5.41, 5.74) is 1.67. The van der Waals surface area contributed by atoms with Crippen molar-refractivity contribution in [3.8, 4) is 5.75 Å². The van der Waals surface area contributed by atoms with Gasteiger partial charge in [0.15, 0.2) is 0 Å². The Labute approximate surface area is 184 Å². The molecule has 0 saturated heterocycles. The Balaban J connectivity index is 1.92. The first-order chi connectivity index (χ1) is 14.4. The van der Waals surface area contributed by atoms with Crippen LogP contribution in [0.1, 0.15) is 23.4 Å². The minimum atomic E-state index is -0.622. The molecule has 3 rings (SSSR count). The Kier molecular flexibility index (Phi) is 7.36. The van der Waals surface area contributed by atoms with E-state index in [2.05, 4.69) is 10.6 Å². The third-order valence-corrected chi connectivity index (χ3v) is 5.80. The molecule has 160 valence electrons. The van der Waals surface area contributed by atoms with E-state index in [1.807, 2.05) is 36.2 Å². The molecule has 2 aromatic rings. The van der Waals surface area contributed by atoms with Crippen LogP contribution in [0.25, 0.3) is 0 Å². The number of carbonyl (C=O) groups is 2. The van der Waals surface area contributed by atoms with E-state index >= 15 is 0 Å². The molecule has 1 aliphatic rings. The van der Waals surface area contributed by atoms with Crippen molar-refractivity contribution in [2.75, 3.05) is 27.3 Å². The number of likely N-dealkylation sites (N-methyl/N-ethyl adjacent to an activating group) is 1. The summed E-state index contributed by atoms with van der Waals surface area (Å²) in [6, 6.07) is 10.1. The molecule has 0 saturated carbocycles. The molecule has 2 heterocycles. The van der Waals surface area contributed by atoms with E-state index in [4.69, 9.17) is 21.1 Å². The lowest BCUT2D eigenvalue weighted by molar-refractivity contribution is -0.139. The molecule has 0 aliphatic carbocycles. The molecule has 0 fully saturated rings. The molecule has 1 unspecified atom stereocenters. The van der Waals surface area contributed by atoms with Crippen molar-refractivity contribution < 1.29 is 19.1 Å². The van der Waals surface area contributed by atoms with Crippen molar-refractivity contribution in [3.05, 3.63) is 62.4 Å². The average molecular weight is 450 g/mol. The molecule has 1 aromatic heterocycles. The maximum atomic E-state index is 12.8. The van der Waals surface area contributed by atoms with Crippen LogP contribution in [0.5, 0.6) is 5.75 Å². The van der Waals surface area contributed by atoms with Gasteiger partial charge in [0, 0.05) is 23.7 Å². The smallest absolute Gasteiger partial charge is 0.338 e. The van der Waals surface area contributed by atoms with Crippen LogP contribution in [-0.4, -0.2) is 44.2 Å². The zero-order chi connectivity index (χ0) is 21.7. The number of carbonyl (C=O) groups excluding carboxylic acids is 2. The molecule has 30 heavy (non-hydrogen) atoms. The second kappa shape index (κ2) is 9.97. The molecule has 1 aromatic carbocycles. The maximum Gasteiger partial charge on any atom is 0.338 e. The fourth-order valence-electron chi connectivity index (χ4n) is 3.27. The summed E-state index contributed by atoms with van der Waals surface area (Å²) in [7, 11) is 3.50. The van der Waals surface area contributed by atoms with E-state index < -0.39 is 12.0 Å². The Morgan fingerprint density at radius 1 is 1.20 bits per heavy atom. The standard InChI is InChI=1S/C21H24ClN3O4S/c1-4-29-20(26)18-16(12-25(2)11-15-9-10-17(22)30-15)23-21(27)24-19(18)13-5-7-14(28-3)8-6-13/h5-10,19H,4,11-12H2,1-3H3,(H2,23,24,27). The van der Waals surface area contributed by atoms with Crippen LogP contribution in [-0.2, 0) is 16.1 Å². The van der Waals surface area contributed by atoms with Crippen LogP contribution >= 0.6 is 22.9 Å². The number of amides is 2. The molecule has 0 bridgehead atoms. The van der Waals surface area contributed by atoms with Crippen molar-refractivity contribution >= 4 is 34.9 Å². The minimum Gasteiger partial charge on any atom is -0.497 e. The van der Waals surface area contributed by atoms with E-state index in [0.717, 1.165) is 14.8 Å². The van der Waals surface area contributed by atoms with E-state index in [9.17, 15) is 9.59 Å². The van der Waals surface area contributed by atoms with E-state index in [1.54, 1.807) is 26.2 Å². The largest absolute Gasteiger partial charge is 0.497 e. The number of methoxy groups -OCH3 is 1. The zero-order valence-electron chi connectivity index (χ0n) is 17.0. The van der Waals surface area contributed by atoms with Gasteiger partial charge in [-0.3, -0.25) is 4.90 Å². The highest BCUT2D eigenvalue weighted by atomic mass is 35.5. The molecule has 2 amide bonds. The van der Waals surface area contributed by atoms with Gasteiger partial charge >= 0.3 is 12.0 Å².